The van der Waals surface area contributed by atoms with Crippen molar-refractivity contribution in [1.29, 1.82) is 0 Å². The number of anilines is 2. The van der Waals surface area contributed by atoms with E-state index in [-0.39, 0.29) is 5.91 Å². The molecule has 0 saturated carbocycles. The number of thiazole rings is 1. The second-order valence-corrected chi connectivity index (χ2v) is 8.00. The molecule has 0 radical (unpaired) electrons. The Morgan fingerprint density at radius 2 is 2.00 bits per heavy atom. The van der Waals surface area contributed by atoms with Crippen molar-refractivity contribution in [3.63, 3.8) is 0 Å². The second-order valence-electron chi connectivity index (χ2n) is 7.00. The zero-order chi connectivity index (χ0) is 21.6. The number of carbonyl (C=O) groups is 1. The van der Waals surface area contributed by atoms with Crippen molar-refractivity contribution in [2.75, 3.05) is 11.9 Å². The van der Waals surface area contributed by atoms with Crippen LogP contribution in [0.5, 0.6) is 0 Å². The summed E-state index contributed by atoms with van der Waals surface area (Å²) in [7, 11) is 0. The zero-order valence-electron chi connectivity index (χ0n) is 17.3. The first kappa shape index (κ1) is 20.6. The molecule has 4 rings (SSSR count). The second kappa shape index (κ2) is 9.44. The largest absolute Gasteiger partial charge is 0.356 e. The minimum absolute atomic E-state index is 0.0236. The molecule has 0 aliphatic heterocycles. The van der Waals surface area contributed by atoms with Crippen molar-refractivity contribution in [3.8, 4) is 21.1 Å². The Morgan fingerprint density at radius 1 is 1.10 bits per heavy atom. The molecule has 0 atom stereocenters. The van der Waals surface area contributed by atoms with E-state index in [4.69, 9.17) is 9.97 Å². The van der Waals surface area contributed by atoms with Crippen molar-refractivity contribution in [3.05, 3.63) is 72.3 Å². The van der Waals surface area contributed by atoms with Gasteiger partial charge in [0.2, 0.25) is 11.9 Å². The summed E-state index contributed by atoms with van der Waals surface area (Å²) in [6.45, 7) is 4.11. The van der Waals surface area contributed by atoms with Gasteiger partial charge in [-0.2, -0.15) is 0 Å². The molecule has 0 fully saturated rings. The van der Waals surface area contributed by atoms with Gasteiger partial charge < -0.3 is 10.6 Å². The third-order valence-electron chi connectivity index (χ3n) is 4.56. The molecule has 0 aliphatic rings. The minimum atomic E-state index is -0.0236. The van der Waals surface area contributed by atoms with Crippen LogP contribution >= 0.6 is 11.3 Å². The first-order valence-corrected chi connectivity index (χ1v) is 10.7. The van der Waals surface area contributed by atoms with Crippen molar-refractivity contribution >= 4 is 28.9 Å². The lowest BCUT2D eigenvalue weighted by molar-refractivity contribution is -0.118. The Labute approximate surface area is 184 Å². The van der Waals surface area contributed by atoms with E-state index in [1.807, 2.05) is 55.6 Å². The molecule has 1 aromatic carbocycles. The molecule has 0 unspecified atom stereocenters. The summed E-state index contributed by atoms with van der Waals surface area (Å²) in [5, 5.41) is 7.01. The van der Waals surface area contributed by atoms with Gasteiger partial charge in [0.15, 0.2) is 0 Å². The number of hydrogen-bond acceptors (Lipinski definition) is 7. The summed E-state index contributed by atoms with van der Waals surface area (Å²) >= 11 is 1.59. The Hall–Kier alpha value is -3.65. The SMILES string of the molecule is CC(=O)NCCc1cccc(Nc2nccc(-c3sc(-c4cccnc4)nc3C)n2)c1. The van der Waals surface area contributed by atoms with Crippen molar-refractivity contribution in [2.24, 2.45) is 0 Å². The highest BCUT2D eigenvalue weighted by Crippen LogP contribution is 2.34. The van der Waals surface area contributed by atoms with Gasteiger partial charge in [-0.3, -0.25) is 9.78 Å². The van der Waals surface area contributed by atoms with E-state index in [1.54, 1.807) is 23.7 Å². The Kier molecular flexibility index (Phi) is 6.28. The van der Waals surface area contributed by atoms with Gasteiger partial charge in [-0.25, -0.2) is 15.0 Å². The molecule has 0 bridgehead atoms. The summed E-state index contributed by atoms with van der Waals surface area (Å²) in [6.07, 6.45) is 6.07. The van der Waals surface area contributed by atoms with Crippen LogP contribution in [-0.4, -0.2) is 32.4 Å². The van der Waals surface area contributed by atoms with Gasteiger partial charge in [-0.15, -0.1) is 11.3 Å². The Morgan fingerprint density at radius 3 is 2.81 bits per heavy atom. The molecule has 0 spiro atoms. The maximum atomic E-state index is 11.1. The van der Waals surface area contributed by atoms with E-state index in [2.05, 4.69) is 20.6 Å². The van der Waals surface area contributed by atoms with Crippen LogP contribution in [0.2, 0.25) is 0 Å². The molecule has 8 heteroatoms. The van der Waals surface area contributed by atoms with Crippen molar-refractivity contribution < 1.29 is 4.79 Å². The van der Waals surface area contributed by atoms with Crippen molar-refractivity contribution in [1.82, 2.24) is 25.3 Å². The van der Waals surface area contributed by atoms with Crippen molar-refractivity contribution in [2.45, 2.75) is 20.3 Å². The third kappa shape index (κ3) is 5.29. The van der Waals surface area contributed by atoms with E-state index >= 15 is 0 Å². The van der Waals surface area contributed by atoms with Gasteiger partial charge in [0.05, 0.1) is 16.3 Å². The molecule has 7 nitrogen and oxygen atoms in total. The smallest absolute Gasteiger partial charge is 0.227 e. The fourth-order valence-electron chi connectivity index (χ4n) is 3.11. The topological polar surface area (TPSA) is 92.7 Å². The van der Waals surface area contributed by atoms with E-state index < -0.39 is 0 Å². The maximum Gasteiger partial charge on any atom is 0.227 e. The molecule has 0 saturated heterocycles. The van der Waals surface area contributed by atoms with Crippen LogP contribution in [0.3, 0.4) is 0 Å². The number of pyridine rings is 1. The number of aryl methyl sites for hydroxylation is 1. The number of aromatic nitrogens is 4. The summed E-state index contributed by atoms with van der Waals surface area (Å²) in [6, 6.07) is 13.8. The van der Waals surface area contributed by atoms with Crippen LogP contribution in [0.1, 0.15) is 18.2 Å². The standard InChI is InChI=1S/C23H22N6OS/c1-15-21(31-22(27-15)18-6-4-10-24-14-18)20-9-12-26-23(29-20)28-19-7-3-5-17(13-19)8-11-25-16(2)30/h3-7,9-10,12-14H,8,11H2,1-2H3,(H,25,30)(H,26,28,29). The van der Waals surface area contributed by atoms with E-state index in [0.717, 1.165) is 44.5 Å². The number of amides is 1. The van der Waals surface area contributed by atoms with Crippen LogP contribution < -0.4 is 10.6 Å². The minimum Gasteiger partial charge on any atom is -0.356 e. The van der Waals surface area contributed by atoms with Gasteiger partial charge >= 0.3 is 0 Å². The average Bonchev–Trinajstić information content (AvgIpc) is 3.16. The number of rotatable bonds is 7. The normalized spacial score (nSPS) is 10.6. The Balaban J connectivity index is 1.52. The predicted molar refractivity (Wildman–Crippen MR) is 123 cm³/mol. The molecule has 3 heterocycles. The molecule has 3 aromatic heterocycles. The molecule has 2 N–H and O–H groups in total. The summed E-state index contributed by atoms with van der Waals surface area (Å²) < 4.78 is 0. The number of benzene rings is 1. The van der Waals surface area contributed by atoms with Crippen LogP contribution in [0.4, 0.5) is 11.6 Å². The van der Waals surface area contributed by atoms with Crippen LogP contribution in [0.25, 0.3) is 21.1 Å². The fraction of sp³-hybridized carbons (Fsp3) is 0.174. The van der Waals surface area contributed by atoms with Gasteiger partial charge in [-0.05, 0) is 49.2 Å². The summed E-state index contributed by atoms with van der Waals surface area (Å²) in [5.74, 6) is 0.497. The highest BCUT2D eigenvalue weighted by Gasteiger charge is 2.13. The predicted octanol–water partition coefficient (Wildman–Crippen LogP) is 4.39. The highest BCUT2D eigenvalue weighted by atomic mass is 32.1. The molecule has 4 aromatic rings. The lowest BCUT2D eigenvalue weighted by Gasteiger charge is -2.08. The highest BCUT2D eigenvalue weighted by molar-refractivity contribution is 7.18. The lowest BCUT2D eigenvalue weighted by Crippen LogP contribution is -2.22. The first-order chi connectivity index (χ1) is 15.1. The number of hydrogen-bond donors (Lipinski definition) is 2. The third-order valence-corrected chi connectivity index (χ3v) is 5.79. The van der Waals surface area contributed by atoms with E-state index in [1.165, 1.54) is 6.92 Å². The van der Waals surface area contributed by atoms with E-state index in [9.17, 15) is 4.79 Å². The van der Waals surface area contributed by atoms with Gasteiger partial charge in [0.25, 0.3) is 0 Å². The molecular formula is C23H22N6OS. The number of nitrogens with one attached hydrogen (secondary N) is 2. The van der Waals surface area contributed by atoms with Gasteiger partial charge in [0, 0.05) is 43.3 Å². The number of carbonyl (C=O) groups excluding carboxylic acids is 1. The monoisotopic (exact) mass is 430 g/mol. The Bertz CT molecular complexity index is 1190. The summed E-state index contributed by atoms with van der Waals surface area (Å²) in [4.78, 5) is 30.0. The van der Waals surface area contributed by atoms with Crippen LogP contribution in [0.15, 0.2) is 61.1 Å². The fourth-order valence-corrected chi connectivity index (χ4v) is 4.13. The molecule has 31 heavy (non-hydrogen) atoms. The molecule has 1 amide bonds. The number of nitrogens with zero attached hydrogens (tertiary/aromatic N) is 4. The molecular weight excluding hydrogens is 408 g/mol. The van der Waals surface area contributed by atoms with Crippen LogP contribution in [-0.2, 0) is 11.2 Å². The average molecular weight is 431 g/mol. The van der Waals surface area contributed by atoms with Crippen LogP contribution in [0, 0.1) is 6.92 Å². The lowest BCUT2D eigenvalue weighted by atomic mass is 10.1. The van der Waals surface area contributed by atoms with Gasteiger partial charge in [-0.1, -0.05) is 12.1 Å². The summed E-state index contributed by atoms with van der Waals surface area (Å²) in [5.41, 5.74) is 4.76. The first-order valence-electron chi connectivity index (χ1n) is 9.90. The van der Waals surface area contributed by atoms with Gasteiger partial charge in [0.1, 0.15) is 5.01 Å². The quantitative estimate of drug-likeness (QED) is 0.452. The van der Waals surface area contributed by atoms with E-state index in [0.29, 0.717) is 12.5 Å². The molecule has 0 aliphatic carbocycles. The maximum absolute atomic E-state index is 11.1. The zero-order valence-corrected chi connectivity index (χ0v) is 18.1. The molecule has 156 valence electrons.